The Morgan fingerprint density at radius 3 is 1.22 bits per heavy atom. The molecule has 0 spiro atoms. The molecule has 0 aromatic heterocycles. The van der Waals surface area contributed by atoms with Crippen LogP contribution in [0.25, 0.3) is 0 Å². The monoisotopic (exact) mass is 134 g/mol. The molecule has 0 rings (SSSR count). The summed E-state index contributed by atoms with van der Waals surface area (Å²) in [7, 11) is 0. The first-order valence-corrected chi connectivity index (χ1v) is 3.89. The Morgan fingerprint density at radius 1 is 0.889 bits per heavy atom. The maximum Gasteiger partial charge on any atom is 0.0891 e. The van der Waals surface area contributed by atoms with Crippen LogP contribution in [0, 0.1) is 0 Å². The Hall–Kier alpha value is -0.0700. The van der Waals surface area contributed by atoms with Crippen molar-refractivity contribution >= 4 is 0 Å². The molecule has 0 fully saturated rings. The molecule has 0 N–H and O–H groups in total. The molecular weight excluding hydrogens is 115 g/mol. The van der Waals surface area contributed by atoms with Gasteiger partial charge >= 0.3 is 0 Å². The van der Waals surface area contributed by atoms with Crippen molar-refractivity contribution < 1.29 is 4.39 Å². The number of halogens is 1. The Morgan fingerprint density at radius 2 is 1.22 bits per heavy atom. The summed E-state index contributed by atoms with van der Waals surface area (Å²) in [6, 6.07) is 0. The first-order valence-electron chi connectivity index (χ1n) is 3.89. The van der Waals surface area contributed by atoms with Gasteiger partial charge in [0, 0.05) is 0 Å². The lowest BCUT2D eigenvalue weighted by Crippen LogP contribution is -1.59. The van der Waals surface area contributed by atoms with Crippen molar-refractivity contribution in [1.29, 1.82) is 0 Å². The molecule has 0 saturated carbocycles. The SMILES string of the molecule is CCCCC.CCCF. The summed E-state index contributed by atoms with van der Waals surface area (Å²) in [5.41, 5.74) is 0. The number of alkyl halides is 1. The second kappa shape index (κ2) is 15.7. The second-order valence-corrected chi connectivity index (χ2v) is 2.04. The topological polar surface area (TPSA) is 0 Å². The Balaban J connectivity index is 0. The normalized spacial score (nSPS) is 8.00. The molecular formula is C8H19F. The van der Waals surface area contributed by atoms with Gasteiger partial charge in [0.2, 0.25) is 0 Å². The minimum Gasteiger partial charge on any atom is -0.251 e. The lowest BCUT2D eigenvalue weighted by Gasteiger charge is -1.79. The highest BCUT2D eigenvalue weighted by atomic mass is 19.1. The smallest absolute Gasteiger partial charge is 0.0891 e. The fourth-order valence-corrected chi connectivity index (χ4v) is 0.354. The quantitative estimate of drug-likeness (QED) is 0.553. The number of hydrogen-bond donors (Lipinski definition) is 0. The van der Waals surface area contributed by atoms with Crippen LogP contribution in [0.4, 0.5) is 4.39 Å². The number of hydrogen-bond acceptors (Lipinski definition) is 0. The third-order valence-electron chi connectivity index (χ3n) is 0.896. The lowest BCUT2D eigenvalue weighted by molar-refractivity contribution is 0.487. The molecule has 58 valence electrons. The van der Waals surface area contributed by atoms with E-state index in [4.69, 9.17) is 0 Å². The van der Waals surface area contributed by atoms with E-state index in [0.29, 0.717) is 6.42 Å². The number of unbranched alkanes of at least 4 members (excludes halogenated alkanes) is 2. The molecule has 0 aromatic rings. The zero-order valence-electron chi connectivity index (χ0n) is 6.91. The molecule has 1 heteroatoms. The molecule has 0 heterocycles. The van der Waals surface area contributed by atoms with Crippen LogP contribution in [0.15, 0.2) is 0 Å². The van der Waals surface area contributed by atoms with Gasteiger partial charge in [0.1, 0.15) is 0 Å². The van der Waals surface area contributed by atoms with Crippen molar-refractivity contribution in [3.8, 4) is 0 Å². The molecule has 0 amide bonds. The van der Waals surface area contributed by atoms with E-state index in [1.165, 1.54) is 19.3 Å². The summed E-state index contributed by atoms with van der Waals surface area (Å²) in [5, 5.41) is 0. The molecule has 0 aliphatic carbocycles. The van der Waals surface area contributed by atoms with Crippen LogP contribution < -0.4 is 0 Å². The summed E-state index contributed by atoms with van der Waals surface area (Å²) in [6.45, 7) is 6.05. The Bertz CT molecular complexity index is 23.7. The zero-order chi connectivity index (χ0) is 7.54. The largest absolute Gasteiger partial charge is 0.251 e. The first kappa shape index (κ1) is 11.7. The van der Waals surface area contributed by atoms with Gasteiger partial charge in [-0.2, -0.15) is 0 Å². The van der Waals surface area contributed by atoms with E-state index < -0.39 is 0 Å². The van der Waals surface area contributed by atoms with E-state index in [1.807, 2.05) is 0 Å². The van der Waals surface area contributed by atoms with Crippen molar-refractivity contribution in [2.75, 3.05) is 6.67 Å². The highest BCUT2D eigenvalue weighted by Gasteiger charge is 1.68. The van der Waals surface area contributed by atoms with Gasteiger partial charge in [-0.25, -0.2) is 0 Å². The van der Waals surface area contributed by atoms with Crippen LogP contribution in [-0.4, -0.2) is 6.67 Å². The summed E-state index contributed by atoms with van der Waals surface area (Å²) >= 11 is 0. The van der Waals surface area contributed by atoms with Gasteiger partial charge in [-0.3, -0.25) is 4.39 Å². The maximum atomic E-state index is 10.7. The molecule has 0 nitrogen and oxygen atoms in total. The van der Waals surface area contributed by atoms with Crippen molar-refractivity contribution in [3.63, 3.8) is 0 Å². The van der Waals surface area contributed by atoms with Crippen molar-refractivity contribution in [3.05, 3.63) is 0 Å². The van der Waals surface area contributed by atoms with Gasteiger partial charge in [0.25, 0.3) is 0 Å². The summed E-state index contributed by atoms with van der Waals surface area (Å²) < 4.78 is 10.7. The average Bonchev–Trinajstić information content (AvgIpc) is 1.91. The highest BCUT2D eigenvalue weighted by molar-refractivity contribution is 4.24. The van der Waals surface area contributed by atoms with E-state index >= 15 is 0 Å². The zero-order valence-corrected chi connectivity index (χ0v) is 6.91. The number of rotatable bonds is 3. The predicted octanol–water partition coefficient (Wildman–Crippen LogP) is 3.56. The van der Waals surface area contributed by atoms with Crippen LogP contribution in [0.3, 0.4) is 0 Å². The molecule has 9 heavy (non-hydrogen) atoms. The van der Waals surface area contributed by atoms with Crippen LogP contribution in [0.2, 0.25) is 0 Å². The average molecular weight is 134 g/mol. The van der Waals surface area contributed by atoms with Gasteiger partial charge < -0.3 is 0 Å². The van der Waals surface area contributed by atoms with E-state index in [1.54, 1.807) is 6.92 Å². The van der Waals surface area contributed by atoms with Crippen molar-refractivity contribution in [2.24, 2.45) is 0 Å². The highest BCUT2D eigenvalue weighted by Crippen LogP contribution is 1.88. The van der Waals surface area contributed by atoms with Gasteiger partial charge in [0.05, 0.1) is 6.67 Å². The molecule has 0 radical (unpaired) electrons. The minimum absolute atomic E-state index is 0.181. The van der Waals surface area contributed by atoms with Gasteiger partial charge in [0.15, 0.2) is 0 Å². The van der Waals surface area contributed by atoms with Crippen LogP contribution >= 0.6 is 0 Å². The summed E-state index contributed by atoms with van der Waals surface area (Å²) in [4.78, 5) is 0. The summed E-state index contributed by atoms with van der Waals surface area (Å²) in [5.74, 6) is 0. The molecule has 0 aliphatic heterocycles. The van der Waals surface area contributed by atoms with Crippen LogP contribution in [0.5, 0.6) is 0 Å². The molecule has 0 atom stereocenters. The molecule has 0 aromatic carbocycles. The van der Waals surface area contributed by atoms with Crippen LogP contribution in [0.1, 0.15) is 46.5 Å². The standard InChI is InChI=1S/C5H12.C3H7F/c1-3-5-4-2;1-2-3-4/h3-5H2,1-2H3;2-3H2,1H3. The fourth-order valence-electron chi connectivity index (χ4n) is 0.354. The van der Waals surface area contributed by atoms with E-state index in [2.05, 4.69) is 13.8 Å². The Labute approximate surface area is 58.5 Å². The third-order valence-corrected chi connectivity index (χ3v) is 0.896. The lowest BCUT2D eigenvalue weighted by atomic mass is 10.3. The Kier molecular flexibility index (Phi) is 20.4. The molecule has 0 aliphatic rings. The molecule has 0 bridgehead atoms. The van der Waals surface area contributed by atoms with E-state index in [9.17, 15) is 4.39 Å². The van der Waals surface area contributed by atoms with Crippen LogP contribution in [-0.2, 0) is 0 Å². The third kappa shape index (κ3) is 32.5. The van der Waals surface area contributed by atoms with Gasteiger partial charge in [-0.05, 0) is 6.42 Å². The molecule has 0 unspecified atom stereocenters. The first-order chi connectivity index (χ1) is 4.33. The van der Waals surface area contributed by atoms with Crippen molar-refractivity contribution in [1.82, 2.24) is 0 Å². The predicted molar refractivity (Wildman–Crippen MR) is 41.5 cm³/mol. The maximum absolute atomic E-state index is 10.7. The fraction of sp³-hybridized carbons (Fsp3) is 1.00. The van der Waals surface area contributed by atoms with E-state index in [-0.39, 0.29) is 6.67 Å². The second-order valence-electron chi connectivity index (χ2n) is 2.04. The van der Waals surface area contributed by atoms with Gasteiger partial charge in [-0.1, -0.05) is 40.0 Å². The molecule has 0 saturated heterocycles. The van der Waals surface area contributed by atoms with E-state index in [0.717, 1.165) is 0 Å². The van der Waals surface area contributed by atoms with Gasteiger partial charge in [-0.15, -0.1) is 0 Å². The minimum atomic E-state index is -0.181. The summed E-state index contributed by atoms with van der Waals surface area (Å²) in [6.07, 6.45) is 4.73. The van der Waals surface area contributed by atoms with Crippen molar-refractivity contribution in [2.45, 2.75) is 46.5 Å².